The van der Waals surface area contributed by atoms with Crippen molar-refractivity contribution in [3.63, 3.8) is 0 Å². The quantitative estimate of drug-likeness (QED) is 0.890. The van der Waals surface area contributed by atoms with Crippen LogP contribution in [0.2, 0.25) is 0 Å². The van der Waals surface area contributed by atoms with E-state index in [-0.39, 0.29) is 17.3 Å². The summed E-state index contributed by atoms with van der Waals surface area (Å²) >= 11 is 1.82. The molecule has 1 heterocycles. The van der Waals surface area contributed by atoms with Crippen LogP contribution in [-0.4, -0.2) is 39.5 Å². The Morgan fingerprint density at radius 2 is 2.25 bits per heavy atom. The number of nitrogens with zero attached hydrogens (tertiary/aromatic N) is 1. The molecule has 2 N–H and O–H groups in total. The van der Waals surface area contributed by atoms with Crippen LogP contribution in [0.4, 0.5) is 0 Å². The summed E-state index contributed by atoms with van der Waals surface area (Å²) in [5, 5.41) is 12.6. The third kappa shape index (κ3) is 3.50. The minimum Gasteiger partial charge on any atom is -0.478 e. The Bertz CT molecular complexity index is 507. The van der Waals surface area contributed by atoms with E-state index in [1.807, 2.05) is 11.8 Å². The zero-order valence-corrected chi connectivity index (χ0v) is 12.2. The molecule has 0 saturated heterocycles. The number of thioether (sulfide) groups is 1. The molecule has 1 aliphatic carbocycles. The van der Waals surface area contributed by atoms with E-state index in [1.54, 1.807) is 0 Å². The third-order valence-electron chi connectivity index (χ3n) is 3.55. The molecule has 0 bridgehead atoms. The van der Waals surface area contributed by atoms with Gasteiger partial charge in [-0.1, -0.05) is 6.42 Å². The highest BCUT2D eigenvalue weighted by Gasteiger charge is 2.25. The zero-order chi connectivity index (χ0) is 14.5. The van der Waals surface area contributed by atoms with E-state index in [1.165, 1.54) is 24.8 Å². The van der Waals surface area contributed by atoms with Gasteiger partial charge in [-0.25, -0.2) is 4.79 Å². The highest BCUT2D eigenvalue weighted by molar-refractivity contribution is 7.99. The average Bonchev–Trinajstić information content (AvgIpc) is 2.47. The average molecular weight is 294 g/mol. The fraction of sp³-hybridized carbons (Fsp3) is 0.500. The number of hydrogen-bond donors (Lipinski definition) is 2. The number of carboxylic acids is 1. The molecular weight excluding hydrogens is 276 g/mol. The second kappa shape index (κ2) is 6.74. The van der Waals surface area contributed by atoms with Crippen molar-refractivity contribution >= 4 is 23.6 Å². The smallest absolute Gasteiger partial charge is 0.338 e. The lowest BCUT2D eigenvalue weighted by Gasteiger charge is -2.28. The van der Waals surface area contributed by atoms with Gasteiger partial charge in [-0.15, -0.1) is 0 Å². The van der Waals surface area contributed by atoms with Crippen molar-refractivity contribution in [2.45, 2.75) is 37.0 Å². The molecule has 0 spiro atoms. The molecule has 2 unspecified atom stereocenters. The Kier molecular flexibility index (Phi) is 5.00. The first kappa shape index (κ1) is 14.8. The van der Waals surface area contributed by atoms with Crippen LogP contribution in [0.3, 0.4) is 0 Å². The van der Waals surface area contributed by atoms with Gasteiger partial charge >= 0.3 is 5.97 Å². The Balaban J connectivity index is 2.07. The van der Waals surface area contributed by atoms with Crippen LogP contribution in [0.15, 0.2) is 18.3 Å². The van der Waals surface area contributed by atoms with E-state index in [4.69, 9.17) is 5.11 Å². The van der Waals surface area contributed by atoms with Gasteiger partial charge in [-0.05, 0) is 37.7 Å². The van der Waals surface area contributed by atoms with Gasteiger partial charge in [-0.2, -0.15) is 11.8 Å². The van der Waals surface area contributed by atoms with Crippen molar-refractivity contribution in [3.8, 4) is 0 Å². The number of aromatic carboxylic acids is 1. The summed E-state index contributed by atoms with van der Waals surface area (Å²) in [6.45, 7) is 0. The third-order valence-corrected chi connectivity index (χ3v) is 4.64. The molecule has 1 amide bonds. The van der Waals surface area contributed by atoms with Crippen molar-refractivity contribution < 1.29 is 14.7 Å². The van der Waals surface area contributed by atoms with E-state index in [0.29, 0.717) is 5.25 Å². The number of hydrogen-bond acceptors (Lipinski definition) is 4. The SMILES string of the molecule is CSC1CCCC(NC(=O)c2ncccc2C(=O)O)C1. The predicted octanol–water partition coefficient (Wildman–Crippen LogP) is 2.18. The molecule has 5 nitrogen and oxygen atoms in total. The molecule has 0 aromatic carbocycles. The predicted molar refractivity (Wildman–Crippen MR) is 78.2 cm³/mol. The summed E-state index contributed by atoms with van der Waals surface area (Å²) in [6, 6.07) is 3.03. The van der Waals surface area contributed by atoms with Crippen LogP contribution in [0.5, 0.6) is 0 Å². The number of amides is 1. The highest BCUT2D eigenvalue weighted by atomic mass is 32.2. The van der Waals surface area contributed by atoms with Crippen LogP contribution in [0.1, 0.15) is 46.5 Å². The number of carbonyl (C=O) groups is 2. The number of carbonyl (C=O) groups excluding carboxylic acids is 1. The number of aromatic nitrogens is 1. The first-order valence-corrected chi connectivity index (χ1v) is 7.92. The minimum atomic E-state index is -1.13. The number of rotatable bonds is 4. The number of pyridine rings is 1. The monoisotopic (exact) mass is 294 g/mol. The van der Waals surface area contributed by atoms with Crippen LogP contribution < -0.4 is 5.32 Å². The molecule has 0 radical (unpaired) electrons. The van der Waals surface area contributed by atoms with Crippen LogP contribution in [0.25, 0.3) is 0 Å². The molecule has 20 heavy (non-hydrogen) atoms. The largest absolute Gasteiger partial charge is 0.478 e. The Labute approximate surface area is 122 Å². The number of nitrogens with one attached hydrogen (secondary N) is 1. The topological polar surface area (TPSA) is 79.3 Å². The molecule has 1 aliphatic rings. The van der Waals surface area contributed by atoms with E-state index >= 15 is 0 Å². The summed E-state index contributed by atoms with van der Waals surface area (Å²) in [5.74, 6) is -1.52. The van der Waals surface area contributed by atoms with Crippen LogP contribution in [-0.2, 0) is 0 Å². The molecule has 6 heteroatoms. The van der Waals surface area contributed by atoms with Gasteiger partial charge in [0, 0.05) is 17.5 Å². The molecular formula is C14H18N2O3S. The van der Waals surface area contributed by atoms with Crippen molar-refractivity contribution in [1.29, 1.82) is 0 Å². The van der Waals surface area contributed by atoms with Gasteiger partial charge in [0.25, 0.3) is 5.91 Å². The highest BCUT2D eigenvalue weighted by Crippen LogP contribution is 2.27. The Hall–Kier alpha value is -1.56. The van der Waals surface area contributed by atoms with Gasteiger partial charge in [0.2, 0.25) is 0 Å². The summed E-state index contributed by atoms with van der Waals surface area (Å²) in [7, 11) is 0. The molecule has 2 atom stereocenters. The molecule has 1 fully saturated rings. The van der Waals surface area contributed by atoms with Crippen molar-refractivity contribution in [1.82, 2.24) is 10.3 Å². The molecule has 1 aromatic rings. The summed E-state index contributed by atoms with van der Waals surface area (Å²) < 4.78 is 0. The molecule has 0 aliphatic heterocycles. The first-order valence-electron chi connectivity index (χ1n) is 6.63. The lowest BCUT2D eigenvalue weighted by atomic mass is 9.94. The summed E-state index contributed by atoms with van der Waals surface area (Å²) in [4.78, 5) is 27.2. The fourth-order valence-corrected chi connectivity index (χ4v) is 3.33. The summed E-state index contributed by atoms with van der Waals surface area (Å²) in [5.41, 5.74) is -0.0616. The maximum atomic E-state index is 12.2. The number of carboxylic acid groups (broad SMARTS) is 1. The lowest BCUT2D eigenvalue weighted by Crippen LogP contribution is -2.40. The van der Waals surface area contributed by atoms with Crippen LogP contribution in [0, 0.1) is 0 Å². The second-order valence-electron chi connectivity index (χ2n) is 4.90. The molecule has 108 valence electrons. The molecule has 1 saturated carbocycles. The van der Waals surface area contributed by atoms with E-state index < -0.39 is 11.9 Å². The van der Waals surface area contributed by atoms with E-state index in [2.05, 4.69) is 16.6 Å². The Morgan fingerprint density at radius 1 is 1.45 bits per heavy atom. The van der Waals surface area contributed by atoms with Gasteiger partial charge in [0.05, 0.1) is 5.56 Å². The fourth-order valence-electron chi connectivity index (χ4n) is 2.50. The minimum absolute atomic E-state index is 0.00808. The standard InChI is InChI=1S/C14H18N2O3S/c1-20-10-5-2-4-9(8-10)16-13(17)12-11(14(18)19)6-3-7-15-12/h3,6-7,9-10H,2,4-5,8H2,1H3,(H,16,17)(H,18,19). The van der Waals surface area contributed by atoms with Crippen molar-refractivity contribution in [3.05, 3.63) is 29.6 Å². The maximum Gasteiger partial charge on any atom is 0.338 e. The van der Waals surface area contributed by atoms with E-state index in [0.717, 1.165) is 19.3 Å². The van der Waals surface area contributed by atoms with Crippen LogP contribution >= 0.6 is 11.8 Å². The van der Waals surface area contributed by atoms with Gasteiger partial charge in [-0.3, -0.25) is 9.78 Å². The van der Waals surface area contributed by atoms with E-state index in [9.17, 15) is 9.59 Å². The summed E-state index contributed by atoms with van der Waals surface area (Å²) in [6.07, 6.45) is 7.66. The molecule has 2 rings (SSSR count). The maximum absolute atomic E-state index is 12.2. The van der Waals surface area contributed by atoms with Gasteiger partial charge < -0.3 is 10.4 Å². The normalized spacial score (nSPS) is 22.2. The van der Waals surface area contributed by atoms with Gasteiger partial charge in [0.1, 0.15) is 5.69 Å². The molecule has 1 aromatic heterocycles. The van der Waals surface area contributed by atoms with Crippen molar-refractivity contribution in [2.75, 3.05) is 6.26 Å². The zero-order valence-electron chi connectivity index (χ0n) is 11.3. The lowest BCUT2D eigenvalue weighted by molar-refractivity contribution is 0.0689. The first-order chi connectivity index (χ1) is 9.61. The van der Waals surface area contributed by atoms with Crippen molar-refractivity contribution in [2.24, 2.45) is 0 Å². The Morgan fingerprint density at radius 3 is 2.95 bits per heavy atom. The van der Waals surface area contributed by atoms with Gasteiger partial charge in [0.15, 0.2) is 0 Å². The second-order valence-corrected chi connectivity index (χ2v) is 6.04.